The SMILES string of the molecule is CCCNC(=O)C(CC)N(Cc1ccc(Cl)cc1)C(=O)CN(c1ccc(C)cc1)S(=O)(=O)c1ccc(Cl)cc1. The number of anilines is 1. The largest absolute Gasteiger partial charge is 0.354 e. The van der Waals surface area contributed by atoms with Crippen LogP contribution >= 0.6 is 23.2 Å². The molecule has 3 rings (SSSR count). The average molecular weight is 591 g/mol. The number of nitrogens with one attached hydrogen (secondary N) is 1. The number of carbonyl (C=O) groups is 2. The molecule has 0 aliphatic heterocycles. The van der Waals surface area contributed by atoms with Crippen molar-refractivity contribution in [2.45, 2.75) is 51.1 Å². The maximum absolute atomic E-state index is 14.0. The van der Waals surface area contributed by atoms with Gasteiger partial charge in [-0.2, -0.15) is 0 Å². The molecule has 7 nitrogen and oxygen atoms in total. The Morgan fingerprint density at radius 1 is 0.872 bits per heavy atom. The van der Waals surface area contributed by atoms with Gasteiger partial charge in [0, 0.05) is 23.1 Å². The highest BCUT2D eigenvalue weighted by Gasteiger charge is 2.33. The zero-order valence-electron chi connectivity index (χ0n) is 22.2. The monoisotopic (exact) mass is 589 g/mol. The number of hydrogen-bond acceptors (Lipinski definition) is 4. The molecule has 0 saturated heterocycles. The van der Waals surface area contributed by atoms with Gasteiger partial charge in [-0.25, -0.2) is 8.42 Å². The van der Waals surface area contributed by atoms with Crippen molar-refractivity contribution in [1.29, 1.82) is 0 Å². The minimum Gasteiger partial charge on any atom is -0.354 e. The number of benzene rings is 3. The highest BCUT2D eigenvalue weighted by atomic mass is 35.5. The van der Waals surface area contributed by atoms with Gasteiger partial charge >= 0.3 is 0 Å². The molecule has 0 aliphatic carbocycles. The highest BCUT2D eigenvalue weighted by Crippen LogP contribution is 2.26. The highest BCUT2D eigenvalue weighted by molar-refractivity contribution is 7.92. The molecular weight excluding hydrogens is 557 g/mol. The van der Waals surface area contributed by atoms with Gasteiger partial charge in [-0.1, -0.05) is 66.9 Å². The number of carbonyl (C=O) groups excluding carboxylic acids is 2. The van der Waals surface area contributed by atoms with E-state index in [1.165, 1.54) is 29.2 Å². The van der Waals surface area contributed by atoms with Crippen molar-refractivity contribution in [3.8, 4) is 0 Å². The van der Waals surface area contributed by atoms with Crippen LogP contribution in [0, 0.1) is 6.92 Å². The Morgan fingerprint density at radius 3 is 1.97 bits per heavy atom. The number of sulfonamides is 1. The number of amides is 2. The first-order valence-corrected chi connectivity index (χ1v) is 14.9. The predicted octanol–water partition coefficient (Wildman–Crippen LogP) is 5.83. The third-order valence-corrected chi connectivity index (χ3v) is 8.50. The second-order valence-electron chi connectivity index (χ2n) is 9.16. The van der Waals surface area contributed by atoms with Crippen LogP contribution < -0.4 is 9.62 Å². The third-order valence-electron chi connectivity index (χ3n) is 6.20. The number of halogens is 2. The molecule has 10 heteroatoms. The fourth-order valence-corrected chi connectivity index (χ4v) is 5.71. The zero-order valence-corrected chi connectivity index (χ0v) is 24.6. The second kappa shape index (κ2) is 13.8. The Morgan fingerprint density at radius 2 is 1.44 bits per heavy atom. The molecule has 0 fully saturated rings. The first-order valence-electron chi connectivity index (χ1n) is 12.7. The summed E-state index contributed by atoms with van der Waals surface area (Å²) in [6.45, 7) is 5.73. The quantitative estimate of drug-likeness (QED) is 0.288. The summed E-state index contributed by atoms with van der Waals surface area (Å²) in [5, 5.41) is 3.81. The molecule has 208 valence electrons. The predicted molar refractivity (Wildman–Crippen MR) is 157 cm³/mol. The van der Waals surface area contributed by atoms with Crippen molar-refractivity contribution in [3.05, 3.63) is 94.0 Å². The van der Waals surface area contributed by atoms with Gasteiger partial charge < -0.3 is 10.2 Å². The van der Waals surface area contributed by atoms with Crippen molar-refractivity contribution in [2.24, 2.45) is 0 Å². The van der Waals surface area contributed by atoms with Gasteiger partial charge in [0.05, 0.1) is 10.6 Å². The lowest BCUT2D eigenvalue weighted by Gasteiger charge is -2.33. The first-order chi connectivity index (χ1) is 18.6. The molecule has 0 aromatic heterocycles. The summed E-state index contributed by atoms with van der Waals surface area (Å²) in [7, 11) is -4.15. The van der Waals surface area contributed by atoms with Gasteiger partial charge in [0.1, 0.15) is 12.6 Å². The number of aryl methyl sites for hydroxylation is 1. The van der Waals surface area contributed by atoms with Crippen molar-refractivity contribution >= 4 is 50.7 Å². The lowest BCUT2D eigenvalue weighted by Crippen LogP contribution is -2.52. The maximum Gasteiger partial charge on any atom is 0.264 e. The van der Waals surface area contributed by atoms with Crippen LogP contribution in [0.3, 0.4) is 0 Å². The molecule has 0 radical (unpaired) electrons. The Kier molecular flexibility index (Phi) is 10.8. The van der Waals surface area contributed by atoms with E-state index < -0.39 is 28.5 Å². The van der Waals surface area contributed by atoms with Gasteiger partial charge in [-0.3, -0.25) is 13.9 Å². The van der Waals surface area contributed by atoms with Crippen LogP contribution in [0.5, 0.6) is 0 Å². The summed E-state index contributed by atoms with van der Waals surface area (Å²) in [5.74, 6) is -0.800. The van der Waals surface area contributed by atoms with Crippen LogP contribution in [-0.4, -0.2) is 44.3 Å². The summed E-state index contributed by atoms with van der Waals surface area (Å²) in [6, 6.07) is 18.8. The standard InChI is InChI=1S/C29H33Cl2N3O4S/c1-4-18-32-29(36)27(5-2)33(19-22-8-10-23(30)11-9-22)28(35)20-34(25-14-6-21(3)7-15-25)39(37,38)26-16-12-24(31)13-17-26/h6-17,27H,4-5,18-20H2,1-3H3,(H,32,36). The smallest absolute Gasteiger partial charge is 0.264 e. The van der Waals surface area contributed by atoms with Crippen LogP contribution in [0.25, 0.3) is 0 Å². The molecule has 0 saturated carbocycles. The Bertz CT molecular complexity index is 1360. The zero-order chi connectivity index (χ0) is 28.6. The maximum atomic E-state index is 14.0. The number of nitrogens with zero attached hydrogens (tertiary/aromatic N) is 2. The van der Waals surface area contributed by atoms with Crippen LogP contribution in [-0.2, 0) is 26.2 Å². The molecule has 3 aromatic rings. The molecule has 39 heavy (non-hydrogen) atoms. The fourth-order valence-electron chi connectivity index (χ4n) is 4.05. The van der Waals surface area contributed by atoms with Crippen molar-refractivity contribution in [3.63, 3.8) is 0 Å². The minimum atomic E-state index is -4.15. The third kappa shape index (κ3) is 7.97. The lowest BCUT2D eigenvalue weighted by atomic mass is 10.1. The van der Waals surface area contributed by atoms with E-state index in [0.717, 1.165) is 21.9 Å². The van der Waals surface area contributed by atoms with Gasteiger partial charge in [0.2, 0.25) is 11.8 Å². The summed E-state index contributed by atoms with van der Waals surface area (Å²) in [4.78, 5) is 28.5. The molecule has 1 N–H and O–H groups in total. The number of hydrogen-bond donors (Lipinski definition) is 1. The van der Waals surface area contributed by atoms with Crippen LogP contribution in [0.2, 0.25) is 10.0 Å². The van der Waals surface area contributed by atoms with E-state index in [-0.39, 0.29) is 17.3 Å². The minimum absolute atomic E-state index is 0.00254. The second-order valence-corrected chi connectivity index (χ2v) is 11.9. The fraction of sp³-hybridized carbons (Fsp3) is 0.310. The Labute approximate surface area is 240 Å². The molecule has 0 heterocycles. The van der Waals surface area contributed by atoms with Crippen LogP contribution in [0.1, 0.15) is 37.8 Å². The molecule has 0 spiro atoms. The van der Waals surface area contributed by atoms with Gasteiger partial charge in [0.25, 0.3) is 10.0 Å². The van der Waals surface area contributed by atoms with E-state index in [0.29, 0.717) is 28.7 Å². The molecule has 2 amide bonds. The van der Waals surface area contributed by atoms with Crippen molar-refractivity contribution < 1.29 is 18.0 Å². The number of rotatable bonds is 12. The topological polar surface area (TPSA) is 86.8 Å². The Hall–Kier alpha value is -3.07. The average Bonchev–Trinajstić information content (AvgIpc) is 2.92. The normalized spacial score (nSPS) is 12.0. The Balaban J connectivity index is 2.03. The van der Waals surface area contributed by atoms with Gasteiger partial charge in [-0.05, 0) is 73.9 Å². The molecule has 0 bridgehead atoms. The molecular formula is C29H33Cl2N3O4S. The van der Waals surface area contributed by atoms with Crippen LogP contribution in [0.15, 0.2) is 77.7 Å². The van der Waals surface area contributed by atoms with Gasteiger partial charge in [0.15, 0.2) is 0 Å². The van der Waals surface area contributed by atoms with E-state index in [4.69, 9.17) is 23.2 Å². The molecule has 1 atom stereocenters. The summed E-state index contributed by atoms with van der Waals surface area (Å²) < 4.78 is 28.7. The summed E-state index contributed by atoms with van der Waals surface area (Å²) in [5.41, 5.74) is 2.03. The van der Waals surface area contributed by atoms with E-state index in [1.807, 2.05) is 20.8 Å². The van der Waals surface area contributed by atoms with Gasteiger partial charge in [-0.15, -0.1) is 0 Å². The molecule has 3 aromatic carbocycles. The van der Waals surface area contributed by atoms with Crippen molar-refractivity contribution in [2.75, 3.05) is 17.4 Å². The first kappa shape index (κ1) is 30.5. The summed E-state index contributed by atoms with van der Waals surface area (Å²) >= 11 is 12.0. The molecule has 1 unspecified atom stereocenters. The van der Waals surface area contributed by atoms with E-state index in [2.05, 4.69) is 5.32 Å². The van der Waals surface area contributed by atoms with E-state index in [9.17, 15) is 18.0 Å². The van der Waals surface area contributed by atoms with Crippen molar-refractivity contribution in [1.82, 2.24) is 10.2 Å². The lowest BCUT2D eigenvalue weighted by molar-refractivity contribution is -0.140. The van der Waals surface area contributed by atoms with E-state index in [1.54, 1.807) is 48.5 Å². The molecule has 0 aliphatic rings. The van der Waals surface area contributed by atoms with Crippen LogP contribution in [0.4, 0.5) is 5.69 Å². The van der Waals surface area contributed by atoms with E-state index >= 15 is 0 Å². The summed E-state index contributed by atoms with van der Waals surface area (Å²) in [6.07, 6.45) is 1.09.